The summed E-state index contributed by atoms with van der Waals surface area (Å²) in [6, 6.07) is 0. The normalized spacial score (nSPS) is 18.5. The third-order valence-electron chi connectivity index (χ3n) is 2.80. The van der Waals surface area contributed by atoms with Gasteiger partial charge >= 0.3 is 0 Å². The second-order valence-electron chi connectivity index (χ2n) is 4.20. The van der Waals surface area contributed by atoms with Gasteiger partial charge < -0.3 is 10.2 Å². The average Bonchev–Trinajstić information content (AvgIpc) is 2.35. The van der Waals surface area contributed by atoms with E-state index in [0.29, 0.717) is 5.96 Å². The molecule has 0 radical (unpaired) electrons. The number of hydrazine groups is 1. The predicted octanol–water partition coefficient (Wildman–Crippen LogP) is 0.291. The minimum atomic E-state index is 0.707. The molecule has 0 aromatic heterocycles. The number of piperidine rings is 1. The molecule has 0 spiro atoms. The van der Waals surface area contributed by atoms with Crippen molar-refractivity contribution in [1.29, 1.82) is 0 Å². The quantitative estimate of drug-likeness (QED) is 0.273. The van der Waals surface area contributed by atoms with Gasteiger partial charge in [-0.2, -0.15) is 0 Å². The Hall–Kier alpha value is -0.810. The van der Waals surface area contributed by atoms with Crippen molar-refractivity contribution >= 4 is 5.96 Å². The molecule has 0 aliphatic carbocycles. The number of likely N-dealkylation sites (tertiary alicyclic amines) is 1. The van der Waals surface area contributed by atoms with E-state index < -0.39 is 0 Å². The van der Waals surface area contributed by atoms with E-state index in [1.807, 2.05) is 0 Å². The highest BCUT2D eigenvalue weighted by atomic mass is 15.3. The minimum Gasteiger partial charge on any atom is -0.354 e. The van der Waals surface area contributed by atoms with Crippen LogP contribution in [-0.2, 0) is 0 Å². The number of nitrogens with two attached hydrogens (primary N) is 1. The van der Waals surface area contributed by atoms with Gasteiger partial charge in [-0.3, -0.25) is 10.4 Å². The van der Waals surface area contributed by atoms with Gasteiger partial charge in [0.05, 0.1) is 0 Å². The van der Waals surface area contributed by atoms with E-state index in [9.17, 15) is 0 Å². The van der Waals surface area contributed by atoms with E-state index in [1.165, 1.54) is 32.4 Å². The summed E-state index contributed by atoms with van der Waals surface area (Å²) in [7, 11) is 0. The molecule has 1 heterocycles. The van der Waals surface area contributed by atoms with Crippen LogP contribution in [0, 0.1) is 0 Å². The molecular formula is C11H25N5. The molecule has 94 valence electrons. The molecule has 0 aromatic rings. The van der Waals surface area contributed by atoms with Crippen LogP contribution in [0.1, 0.15) is 32.6 Å². The van der Waals surface area contributed by atoms with Crippen molar-refractivity contribution in [1.82, 2.24) is 15.6 Å². The molecule has 0 aromatic carbocycles. The van der Waals surface area contributed by atoms with Gasteiger partial charge in [-0.15, -0.1) is 0 Å². The Morgan fingerprint density at radius 1 is 1.31 bits per heavy atom. The molecular weight excluding hydrogens is 202 g/mol. The molecule has 1 rings (SSSR count). The molecule has 5 heteroatoms. The largest absolute Gasteiger partial charge is 0.354 e. The molecule has 0 atom stereocenters. The predicted molar refractivity (Wildman–Crippen MR) is 68.2 cm³/mol. The fourth-order valence-corrected chi connectivity index (χ4v) is 1.89. The van der Waals surface area contributed by atoms with E-state index in [0.717, 1.165) is 26.1 Å². The summed E-state index contributed by atoms with van der Waals surface area (Å²) in [5, 5.41) is 3.22. The van der Waals surface area contributed by atoms with E-state index in [-0.39, 0.29) is 0 Å². The zero-order valence-electron chi connectivity index (χ0n) is 10.3. The SMILES string of the molecule is CCCN=C(NN)NCCN1CCCCC1. The Kier molecular flexibility index (Phi) is 6.92. The summed E-state index contributed by atoms with van der Waals surface area (Å²) >= 11 is 0. The maximum atomic E-state index is 5.38. The average molecular weight is 227 g/mol. The van der Waals surface area contributed by atoms with E-state index >= 15 is 0 Å². The van der Waals surface area contributed by atoms with E-state index in [4.69, 9.17) is 5.84 Å². The molecule has 5 nitrogen and oxygen atoms in total. The topological polar surface area (TPSA) is 65.7 Å². The Morgan fingerprint density at radius 3 is 2.69 bits per heavy atom. The lowest BCUT2D eigenvalue weighted by molar-refractivity contribution is 0.232. The van der Waals surface area contributed by atoms with Gasteiger partial charge in [0.1, 0.15) is 0 Å². The monoisotopic (exact) mass is 227 g/mol. The van der Waals surface area contributed by atoms with Crippen LogP contribution in [-0.4, -0.2) is 43.6 Å². The molecule has 1 fully saturated rings. The number of hydrogen-bond donors (Lipinski definition) is 3. The molecule has 1 saturated heterocycles. The fraction of sp³-hybridized carbons (Fsp3) is 0.909. The van der Waals surface area contributed by atoms with Gasteiger partial charge in [0, 0.05) is 19.6 Å². The first kappa shape index (κ1) is 13.3. The number of nitrogens with zero attached hydrogens (tertiary/aromatic N) is 2. The van der Waals surface area contributed by atoms with Crippen LogP contribution in [0.5, 0.6) is 0 Å². The van der Waals surface area contributed by atoms with Crippen LogP contribution in [0.25, 0.3) is 0 Å². The third kappa shape index (κ3) is 5.32. The first-order valence-corrected chi connectivity index (χ1v) is 6.34. The summed E-state index contributed by atoms with van der Waals surface area (Å²) in [4.78, 5) is 6.78. The lowest BCUT2D eigenvalue weighted by atomic mass is 10.1. The molecule has 0 saturated carbocycles. The summed E-state index contributed by atoms with van der Waals surface area (Å²) in [5.74, 6) is 6.08. The molecule has 1 aliphatic heterocycles. The molecule has 0 unspecified atom stereocenters. The number of aliphatic imine (C=N–C) groups is 1. The molecule has 0 bridgehead atoms. The van der Waals surface area contributed by atoms with Gasteiger partial charge in [0.25, 0.3) is 0 Å². The maximum absolute atomic E-state index is 5.38. The summed E-state index contributed by atoms with van der Waals surface area (Å²) in [6.07, 6.45) is 5.11. The van der Waals surface area contributed by atoms with Crippen molar-refractivity contribution in [3.8, 4) is 0 Å². The van der Waals surface area contributed by atoms with E-state index in [1.54, 1.807) is 0 Å². The van der Waals surface area contributed by atoms with Crippen molar-refractivity contribution in [2.45, 2.75) is 32.6 Å². The fourth-order valence-electron chi connectivity index (χ4n) is 1.89. The number of hydrogen-bond acceptors (Lipinski definition) is 3. The minimum absolute atomic E-state index is 0.707. The van der Waals surface area contributed by atoms with Crippen molar-refractivity contribution in [3.63, 3.8) is 0 Å². The number of nitrogens with one attached hydrogen (secondary N) is 2. The number of guanidine groups is 1. The van der Waals surface area contributed by atoms with Crippen LogP contribution >= 0.6 is 0 Å². The highest BCUT2D eigenvalue weighted by molar-refractivity contribution is 5.79. The molecule has 16 heavy (non-hydrogen) atoms. The Balaban J connectivity index is 2.12. The Bertz CT molecular complexity index is 199. The maximum Gasteiger partial charge on any atom is 0.205 e. The zero-order chi connectivity index (χ0) is 11.6. The summed E-state index contributed by atoms with van der Waals surface area (Å²) < 4.78 is 0. The number of rotatable bonds is 5. The van der Waals surface area contributed by atoms with Gasteiger partial charge in [-0.25, -0.2) is 5.84 Å². The van der Waals surface area contributed by atoms with Gasteiger partial charge in [-0.05, 0) is 32.4 Å². The standard InChI is InChI=1S/C11H25N5/c1-2-6-13-11(15-12)14-7-10-16-8-4-3-5-9-16/h2-10,12H2,1H3,(H2,13,14,15). The summed E-state index contributed by atoms with van der Waals surface area (Å²) in [6.45, 7) is 7.37. The second kappa shape index (κ2) is 8.35. The van der Waals surface area contributed by atoms with E-state index in [2.05, 4.69) is 27.6 Å². The first-order chi connectivity index (χ1) is 7.86. The second-order valence-corrected chi connectivity index (χ2v) is 4.20. The molecule has 4 N–H and O–H groups in total. The Morgan fingerprint density at radius 2 is 2.06 bits per heavy atom. The van der Waals surface area contributed by atoms with Crippen LogP contribution in [0.2, 0.25) is 0 Å². The van der Waals surface area contributed by atoms with Crippen molar-refractivity contribution < 1.29 is 0 Å². The van der Waals surface area contributed by atoms with Crippen molar-refractivity contribution in [3.05, 3.63) is 0 Å². The zero-order valence-corrected chi connectivity index (χ0v) is 10.3. The van der Waals surface area contributed by atoms with Crippen LogP contribution in [0.4, 0.5) is 0 Å². The van der Waals surface area contributed by atoms with Crippen LogP contribution in [0.3, 0.4) is 0 Å². The molecule has 1 aliphatic rings. The molecule has 0 amide bonds. The van der Waals surface area contributed by atoms with Crippen molar-refractivity contribution in [2.75, 3.05) is 32.7 Å². The van der Waals surface area contributed by atoms with Gasteiger partial charge in [0.15, 0.2) is 0 Å². The van der Waals surface area contributed by atoms with Gasteiger partial charge in [-0.1, -0.05) is 13.3 Å². The van der Waals surface area contributed by atoms with Crippen LogP contribution < -0.4 is 16.6 Å². The Labute approximate surface area is 98.4 Å². The van der Waals surface area contributed by atoms with Crippen molar-refractivity contribution in [2.24, 2.45) is 10.8 Å². The third-order valence-corrected chi connectivity index (χ3v) is 2.80. The first-order valence-electron chi connectivity index (χ1n) is 6.34. The smallest absolute Gasteiger partial charge is 0.205 e. The lowest BCUT2D eigenvalue weighted by Crippen LogP contribution is -2.45. The van der Waals surface area contributed by atoms with Crippen LogP contribution in [0.15, 0.2) is 4.99 Å². The van der Waals surface area contributed by atoms with Gasteiger partial charge in [0.2, 0.25) is 5.96 Å². The highest BCUT2D eigenvalue weighted by Gasteiger charge is 2.08. The highest BCUT2D eigenvalue weighted by Crippen LogP contribution is 2.07. The summed E-state index contributed by atoms with van der Waals surface area (Å²) in [5.41, 5.74) is 2.59. The lowest BCUT2D eigenvalue weighted by Gasteiger charge is -2.26.